The Morgan fingerprint density at radius 3 is 1.36 bits per heavy atom. The van der Waals surface area contributed by atoms with E-state index in [1.807, 2.05) is 0 Å². The van der Waals surface area contributed by atoms with Crippen molar-refractivity contribution >= 4 is 0 Å². The minimum atomic E-state index is -7.95. The van der Waals surface area contributed by atoms with Gasteiger partial charge >= 0.3 is 36.0 Å². The fraction of sp³-hybridized carbons (Fsp3) is 1.00. The van der Waals surface area contributed by atoms with Crippen molar-refractivity contribution in [2.75, 3.05) is 6.61 Å². The molecule has 0 heterocycles. The SMILES string of the molecule is CCCCOOC(F)(F)C(F)(F)C(F)(F)C(F)(F)C(F)(F)C(F)(F)F. The van der Waals surface area contributed by atoms with Crippen LogP contribution in [0, 0.1) is 0 Å². The van der Waals surface area contributed by atoms with Crippen molar-refractivity contribution in [3.05, 3.63) is 0 Å². The van der Waals surface area contributed by atoms with Gasteiger partial charge < -0.3 is 0 Å². The molecule has 0 bridgehead atoms. The first-order valence-electron chi connectivity index (χ1n) is 6.07. The summed E-state index contributed by atoms with van der Waals surface area (Å²) in [4.78, 5) is 5.92. The van der Waals surface area contributed by atoms with E-state index < -0.39 is 42.6 Å². The molecule has 0 aliphatic carbocycles. The predicted octanol–water partition coefficient (Wildman–Crippen LogP) is 5.43. The Hall–Kier alpha value is -0.990. The van der Waals surface area contributed by atoms with E-state index in [0.29, 0.717) is 0 Å². The molecule has 0 N–H and O–H groups in total. The molecule has 0 aromatic carbocycles. The Kier molecular flexibility index (Phi) is 6.69. The summed E-state index contributed by atoms with van der Waals surface area (Å²) >= 11 is 0. The zero-order valence-corrected chi connectivity index (χ0v) is 11.9. The smallest absolute Gasteiger partial charge is 0.231 e. The molecule has 0 saturated heterocycles. The van der Waals surface area contributed by atoms with E-state index in [-0.39, 0.29) is 12.8 Å². The summed E-state index contributed by atoms with van der Waals surface area (Å²) in [6, 6.07) is 0. The lowest BCUT2D eigenvalue weighted by Gasteiger charge is -2.38. The predicted molar refractivity (Wildman–Crippen MR) is 52.7 cm³/mol. The highest BCUT2D eigenvalue weighted by Gasteiger charge is 2.91. The van der Waals surface area contributed by atoms with Crippen LogP contribution in [0.3, 0.4) is 0 Å². The summed E-state index contributed by atoms with van der Waals surface area (Å²) in [6.07, 6.45) is -14.1. The van der Waals surface area contributed by atoms with E-state index in [1.54, 1.807) is 0 Å². The fourth-order valence-corrected chi connectivity index (χ4v) is 1.13. The first-order chi connectivity index (χ1) is 10.8. The molecule has 152 valence electrons. The number of rotatable bonds is 9. The van der Waals surface area contributed by atoms with Gasteiger partial charge in [0, 0.05) is 0 Å². The Morgan fingerprint density at radius 1 is 0.600 bits per heavy atom. The van der Waals surface area contributed by atoms with Gasteiger partial charge in [-0.2, -0.15) is 62.0 Å². The highest BCUT2D eigenvalue weighted by atomic mass is 19.4. The number of alkyl halides is 13. The quantitative estimate of drug-likeness (QED) is 0.219. The molecule has 0 amide bonds. The minimum absolute atomic E-state index is 0.152. The van der Waals surface area contributed by atoms with Crippen LogP contribution in [0.25, 0.3) is 0 Å². The maximum absolute atomic E-state index is 13.0. The molecule has 0 aliphatic rings. The number of hydrogen-bond acceptors (Lipinski definition) is 2. The van der Waals surface area contributed by atoms with Crippen LogP contribution >= 0.6 is 0 Å². The Bertz CT molecular complexity index is 443. The standard InChI is InChI=1S/C10H9F13O2/c1-2-3-4-24-25-10(22,23)8(17,18)6(13,14)5(11,12)7(15,16)9(19,20)21/h2-4H2,1H3. The van der Waals surface area contributed by atoms with E-state index in [9.17, 15) is 57.1 Å². The van der Waals surface area contributed by atoms with E-state index in [2.05, 4.69) is 9.78 Å². The van der Waals surface area contributed by atoms with Gasteiger partial charge in [-0.3, -0.25) is 0 Å². The molecule has 0 aromatic rings. The van der Waals surface area contributed by atoms with Crippen molar-refractivity contribution in [1.29, 1.82) is 0 Å². The zero-order valence-electron chi connectivity index (χ0n) is 11.9. The lowest BCUT2D eigenvalue weighted by Crippen LogP contribution is -2.70. The van der Waals surface area contributed by atoms with Crippen LogP contribution in [-0.2, 0) is 9.78 Å². The van der Waals surface area contributed by atoms with Gasteiger partial charge in [0.05, 0.1) is 6.61 Å². The second kappa shape index (κ2) is 6.96. The maximum Gasteiger partial charge on any atom is 0.460 e. The van der Waals surface area contributed by atoms with Crippen LogP contribution in [0.5, 0.6) is 0 Å². The van der Waals surface area contributed by atoms with Gasteiger partial charge in [0.1, 0.15) is 0 Å². The summed E-state index contributed by atoms with van der Waals surface area (Å²) in [7, 11) is 0. The monoisotopic (exact) mass is 408 g/mol. The number of unbranched alkanes of at least 4 members (excludes halogenated alkanes) is 1. The summed E-state index contributed by atoms with van der Waals surface area (Å²) in [5, 5.41) is 0. The van der Waals surface area contributed by atoms with Crippen molar-refractivity contribution in [2.45, 2.75) is 55.7 Å². The molecule has 0 fully saturated rings. The Labute approximate surface area is 130 Å². The third-order valence-electron chi connectivity index (χ3n) is 2.65. The van der Waals surface area contributed by atoms with Gasteiger partial charge in [0.2, 0.25) is 0 Å². The van der Waals surface area contributed by atoms with Crippen molar-refractivity contribution < 1.29 is 66.9 Å². The second-order valence-corrected chi connectivity index (χ2v) is 4.57. The third kappa shape index (κ3) is 3.90. The van der Waals surface area contributed by atoms with Crippen molar-refractivity contribution in [3.8, 4) is 0 Å². The van der Waals surface area contributed by atoms with Crippen molar-refractivity contribution in [3.63, 3.8) is 0 Å². The van der Waals surface area contributed by atoms with Crippen molar-refractivity contribution in [1.82, 2.24) is 0 Å². The average Bonchev–Trinajstić information content (AvgIpc) is 2.41. The van der Waals surface area contributed by atoms with Crippen LogP contribution in [0.2, 0.25) is 0 Å². The summed E-state index contributed by atoms with van der Waals surface area (Å²) < 4.78 is 164. The fourth-order valence-electron chi connectivity index (χ4n) is 1.13. The lowest BCUT2D eigenvalue weighted by atomic mass is 9.97. The topological polar surface area (TPSA) is 18.5 Å². The van der Waals surface area contributed by atoms with Crippen LogP contribution in [0.1, 0.15) is 19.8 Å². The van der Waals surface area contributed by atoms with Gasteiger partial charge in [0.25, 0.3) is 0 Å². The molecule has 15 heteroatoms. The molecule has 0 unspecified atom stereocenters. The molecular weight excluding hydrogens is 399 g/mol. The van der Waals surface area contributed by atoms with Gasteiger partial charge in [-0.15, -0.1) is 0 Å². The highest BCUT2D eigenvalue weighted by molar-refractivity contribution is 5.08. The maximum atomic E-state index is 13.0. The summed E-state index contributed by atoms with van der Waals surface area (Å²) in [5.74, 6) is -31.1. The average molecular weight is 408 g/mol. The molecule has 0 spiro atoms. The van der Waals surface area contributed by atoms with Crippen molar-refractivity contribution in [2.24, 2.45) is 0 Å². The molecule has 0 aliphatic heterocycles. The largest absolute Gasteiger partial charge is 0.460 e. The van der Waals surface area contributed by atoms with E-state index in [4.69, 9.17) is 0 Å². The van der Waals surface area contributed by atoms with Crippen LogP contribution < -0.4 is 0 Å². The van der Waals surface area contributed by atoms with Gasteiger partial charge in [-0.1, -0.05) is 13.3 Å². The van der Waals surface area contributed by atoms with E-state index in [1.165, 1.54) is 6.92 Å². The minimum Gasteiger partial charge on any atom is -0.231 e. The first kappa shape index (κ1) is 24.0. The van der Waals surface area contributed by atoms with Gasteiger partial charge in [0.15, 0.2) is 0 Å². The zero-order chi connectivity index (χ0) is 20.5. The molecule has 0 atom stereocenters. The molecule has 0 aromatic heterocycles. The molecule has 0 rings (SSSR count). The summed E-state index contributed by atoms with van der Waals surface area (Å²) in [5.41, 5.74) is 0. The van der Waals surface area contributed by atoms with Crippen LogP contribution in [0.15, 0.2) is 0 Å². The normalized spacial score (nSPS) is 15.6. The van der Waals surface area contributed by atoms with E-state index in [0.717, 1.165) is 0 Å². The Morgan fingerprint density at radius 2 is 1.00 bits per heavy atom. The van der Waals surface area contributed by atoms with E-state index >= 15 is 0 Å². The van der Waals surface area contributed by atoms with Crippen LogP contribution in [-0.4, -0.2) is 42.6 Å². The van der Waals surface area contributed by atoms with Gasteiger partial charge in [-0.25, -0.2) is 4.89 Å². The van der Waals surface area contributed by atoms with Gasteiger partial charge in [-0.05, 0) is 6.42 Å². The third-order valence-corrected chi connectivity index (χ3v) is 2.65. The van der Waals surface area contributed by atoms with Crippen LogP contribution in [0.4, 0.5) is 57.1 Å². The lowest BCUT2D eigenvalue weighted by molar-refractivity contribution is -0.524. The number of halogens is 13. The second-order valence-electron chi connectivity index (χ2n) is 4.57. The molecule has 0 radical (unpaired) electrons. The first-order valence-corrected chi connectivity index (χ1v) is 6.07. The number of hydrogen-bond donors (Lipinski definition) is 0. The summed E-state index contributed by atoms with van der Waals surface area (Å²) in [6.45, 7) is 0.507. The molecule has 2 nitrogen and oxygen atoms in total. The Balaban J connectivity index is 5.79. The molecule has 25 heavy (non-hydrogen) atoms. The molecule has 0 saturated carbocycles. The highest BCUT2D eigenvalue weighted by Crippen LogP contribution is 2.60. The molecular formula is C10H9F13O2.